The maximum atomic E-state index is 12.7. The molecule has 1 atom stereocenters. The van der Waals surface area contributed by atoms with Crippen molar-refractivity contribution in [2.45, 2.75) is 44.6 Å². The predicted octanol–water partition coefficient (Wildman–Crippen LogP) is 4.29. The Morgan fingerprint density at radius 1 is 1.03 bits per heavy atom. The zero-order chi connectivity index (χ0) is 21.5. The van der Waals surface area contributed by atoms with Crippen molar-refractivity contribution in [1.82, 2.24) is 15.1 Å². The minimum Gasteiger partial charge on any atom is -0.425 e. The van der Waals surface area contributed by atoms with E-state index in [1.807, 2.05) is 23.1 Å². The molecule has 2 aromatic carbocycles. The van der Waals surface area contributed by atoms with Gasteiger partial charge in [-0.25, -0.2) is 0 Å². The molecule has 1 aliphatic heterocycles. The van der Waals surface area contributed by atoms with Gasteiger partial charge in [-0.3, -0.25) is 4.79 Å². The molecule has 0 saturated carbocycles. The quantitative estimate of drug-likeness (QED) is 0.545. The Morgan fingerprint density at radius 3 is 2.55 bits per heavy atom. The Hall–Kier alpha value is -2.99. The lowest BCUT2D eigenvalue weighted by molar-refractivity contribution is -0.136. The summed E-state index contributed by atoms with van der Waals surface area (Å²) in [5.74, 6) is 1.23. The fraction of sp³-hybridized carbons (Fsp3) is 0.400. The number of aryl methyl sites for hydroxylation is 1. The van der Waals surface area contributed by atoms with Gasteiger partial charge in [-0.05, 0) is 36.0 Å². The summed E-state index contributed by atoms with van der Waals surface area (Å²) >= 11 is 0. The van der Waals surface area contributed by atoms with Crippen LogP contribution in [0.5, 0.6) is 0 Å². The molecule has 0 aliphatic carbocycles. The van der Waals surface area contributed by atoms with Crippen molar-refractivity contribution in [2.75, 3.05) is 20.3 Å². The number of ether oxygens (including phenoxy) is 1. The molecule has 6 heteroatoms. The molecule has 1 aromatic heterocycles. The van der Waals surface area contributed by atoms with E-state index in [-0.39, 0.29) is 11.9 Å². The number of aromatic nitrogens is 2. The molecule has 1 fully saturated rings. The van der Waals surface area contributed by atoms with E-state index < -0.39 is 0 Å². The first-order chi connectivity index (χ1) is 15.2. The molecule has 0 spiro atoms. The number of hydrogen-bond acceptors (Lipinski definition) is 5. The molecule has 3 aromatic rings. The second-order valence-corrected chi connectivity index (χ2v) is 8.02. The Labute approximate surface area is 183 Å². The third-order valence-electron chi connectivity index (χ3n) is 5.78. The van der Waals surface area contributed by atoms with E-state index in [1.54, 1.807) is 7.11 Å². The van der Waals surface area contributed by atoms with Crippen LogP contribution in [-0.4, -0.2) is 47.3 Å². The Balaban J connectivity index is 1.31. The average molecular weight is 420 g/mol. The first kappa shape index (κ1) is 21.2. The van der Waals surface area contributed by atoms with E-state index in [0.29, 0.717) is 37.7 Å². The average Bonchev–Trinajstić information content (AvgIpc) is 3.26. The van der Waals surface area contributed by atoms with E-state index in [4.69, 9.17) is 9.15 Å². The maximum Gasteiger partial charge on any atom is 0.223 e. The number of likely N-dealkylation sites (tertiary alicyclic amines) is 1. The van der Waals surface area contributed by atoms with Crippen LogP contribution in [0, 0.1) is 0 Å². The van der Waals surface area contributed by atoms with Crippen LogP contribution >= 0.6 is 0 Å². The lowest BCUT2D eigenvalue weighted by Gasteiger charge is -2.35. The molecule has 2 heterocycles. The van der Waals surface area contributed by atoms with Crippen molar-refractivity contribution >= 4 is 5.91 Å². The van der Waals surface area contributed by atoms with E-state index >= 15 is 0 Å². The molecule has 4 rings (SSSR count). The summed E-state index contributed by atoms with van der Waals surface area (Å²) in [5.41, 5.74) is 3.49. The molecule has 1 aliphatic rings. The van der Waals surface area contributed by atoms with E-state index in [9.17, 15) is 4.79 Å². The molecule has 6 nitrogen and oxygen atoms in total. The number of nitrogens with zero attached hydrogens (tertiary/aromatic N) is 3. The highest BCUT2D eigenvalue weighted by Crippen LogP contribution is 2.21. The molecule has 0 N–H and O–H groups in total. The lowest BCUT2D eigenvalue weighted by Crippen LogP contribution is -2.46. The van der Waals surface area contributed by atoms with Gasteiger partial charge in [0.05, 0.1) is 19.1 Å². The minimum absolute atomic E-state index is 0.137. The summed E-state index contributed by atoms with van der Waals surface area (Å²) in [6.45, 7) is 1.40. The van der Waals surface area contributed by atoms with Crippen LogP contribution in [-0.2, 0) is 22.4 Å². The maximum absolute atomic E-state index is 12.7. The number of benzene rings is 2. The number of amides is 1. The Morgan fingerprint density at radius 2 is 1.77 bits per heavy atom. The summed E-state index contributed by atoms with van der Waals surface area (Å²) in [5, 5.41) is 8.30. The van der Waals surface area contributed by atoms with Crippen LogP contribution in [0.2, 0.25) is 0 Å². The standard InChI is InChI=1S/C25H29N3O3/c1-30-18-22-9-5-6-16-28(22)25(29)15-14-23-26-27-24(31-23)17-19-10-12-21(13-11-19)20-7-3-2-4-8-20/h2-4,7-8,10-13,22H,5-6,9,14-18H2,1H3/t22-/m0/s1. The fourth-order valence-corrected chi connectivity index (χ4v) is 4.13. The van der Waals surface area contributed by atoms with Crippen LogP contribution in [0.15, 0.2) is 59.0 Å². The SMILES string of the molecule is COC[C@@H]1CCCCN1C(=O)CCc1nnc(Cc2ccc(-c3ccccc3)cc2)o1. The molecule has 1 saturated heterocycles. The summed E-state index contributed by atoms with van der Waals surface area (Å²) in [6.07, 6.45) is 4.64. The Kier molecular flexibility index (Phi) is 7.10. The van der Waals surface area contributed by atoms with Gasteiger partial charge in [0.25, 0.3) is 0 Å². The van der Waals surface area contributed by atoms with Gasteiger partial charge in [-0.2, -0.15) is 0 Å². The monoisotopic (exact) mass is 419 g/mol. The molecule has 0 unspecified atom stereocenters. The molecular weight excluding hydrogens is 390 g/mol. The van der Waals surface area contributed by atoms with Gasteiger partial charge in [0.1, 0.15) is 0 Å². The van der Waals surface area contributed by atoms with Crippen molar-refractivity contribution in [2.24, 2.45) is 0 Å². The third-order valence-corrected chi connectivity index (χ3v) is 5.78. The number of piperidine rings is 1. The Bertz CT molecular complexity index is 967. The van der Waals surface area contributed by atoms with Gasteiger partial charge in [0.15, 0.2) is 0 Å². The first-order valence-electron chi connectivity index (χ1n) is 11.0. The minimum atomic E-state index is 0.137. The lowest BCUT2D eigenvalue weighted by atomic mass is 10.0. The fourth-order valence-electron chi connectivity index (χ4n) is 4.13. The van der Waals surface area contributed by atoms with Gasteiger partial charge in [0.2, 0.25) is 17.7 Å². The van der Waals surface area contributed by atoms with E-state index in [0.717, 1.165) is 31.4 Å². The number of hydrogen-bond donors (Lipinski definition) is 0. The number of carbonyl (C=O) groups excluding carboxylic acids is 1. The second-order valence-electron chi connectivity index (χ2n) is 8.02. The van der Waals surface area contributed by atoms with Gasteiger partial charge in [0, 0.05) is 26.5 Å². The molecule has 0 radical (unpaired) electrons. The van der Waals surface area contributed by atoms with Crippen molar-refractivity contribution in [1.29, 1.82) is 0 Å². The summed E-state index contributed by atoms with van der Waals surface area (Å²) in [4.78, 5) is 14.6. The predicted molar refractivity (Wildman–Crippen MR) is 119 cm³/mol. The topological polar surface area (TPSA) is 68.5 Å². The van der Waals surface area contributed by atoms with Gasteiger partial charge in [-0.1, -0.05) is 54.6 Å². The van der Waals surface area contributed by atoms with Crippen LogP contribution in [0.3, 0.4) is 0 Å². The zero-order valence-corrected chi connectivity index (χ0v) is 18.0. The van der Waals surface area contributed by atoms with Gasteiger partial charge < -0.3 is 14.1 Å². The van der Waals surface area contributed by atoms with Crippen LogP contribution in [0.1, 0.15) is 43.0 Å². The third kappa shape index (κ3) is 5.58. The van der Waals surface area contributed by atoms with Crippen LogP contribution in [0.4, 0.5) is 0 Å². The summed E-state index contributed by atoms with van der Waals surface area (Å²) in [6, 6.07) is 18.9. The highest BCUT2D eigenvalue weighted by atomic mass is 16.5. The van der Waals surface area contributed by atoms with Gasteiger partial charge in [-0.15, -0.1) is 10.2 Å². The molecule has 1 amide bonds. The number of rotatable bonds is 8. The molecule has 162 valence electrons. The number of methoxy groups -OCH3 is 1. The molecular formula is C25H29N3O3. The molecule has 0 bridgehead atoms. The second kappa shape index (κ2) is 10.4. The van der Waals surface area contributed by atoms with E-state index in [1.165, 1.54) is 11.1 Å². The number of carbonyl (C=O) groups is 1. The van der Waals surface area contributed by atoms with Crippen molar-refractivity contribution in [3.05, 3.63) is 71.9 Å². The highest BCUT2D eigenvalue weighted by Gasteiger charge is 2.26. The molecule has 31 heavy (non-hydrogen) atoms. The van der Waals surface area contributed by atoms with Gasteiger partial charge >= 0.3 is 0 Å². The van der Waals surface area contributed by atoms with Crippen molar-refractivity contribution in [3.8, 4) is 11.1 Å². The smallest absolute Gasteiger partial charge is 0.223 e. The largest absolute Gasteiger partial charge is 0.425 e. The van der Waals surface area contributed by atoms with E-state index in [2.05, 4.69) is 46.6 Å². The van der Waals surface area contributed by atoms with Crippen molar-refractivity contribution < 1.29 is 13.9 Å². The van der Waals surface area contributed by atoms with Crippen LogP contribution < -0.4 is 0 Å². The zero-order valence-electron chi connectivity index (χ0n) is 18.0. The van der Waals surface area contributed by atoms with Crippen LogP contribution in [0.25, 0.3) is 11.1 Å². The summed E-state index contributed by atoms with van der Waals surface area (Å²) < 4.78 is 11.1. The summed E-state index contributed by atoms with van der Waals surface area (Å²) in [7, 11) is 1.69. The van der Waals surface area contributed by atoms with Crippen molar-refractivity contribution in [3.63, 3.8) is 0 Å². The normalized spacial score (nSPS) is 16.4. The first-order valence-corrected chi connectivity index (χ1v) is 11.0. The highest BCUT2D eigenvalue weighted by molar-refractivity contribution is 5.76.